The Kier molecular flexibility index (Phi) is 9.29. The Hall–Kier alpha value is -4.39. The molecule has 0 unspecified atom stereocenters. The highest BCUT2D eigenvalue weighted by Crippen LogP contribution is 2.37. The van der Waals surface area contributed by atoms with Crippen molar-refractivity contribution in [1.82, 2.24) is 10.2 Å². The summed E-state index contributed by atoms with van der Waals surface area (Å²) in [5.41, 5.74) is 1.45. The zero-order valence-electron chi connectivity index (χ0n) is 20.4. The minimum absolute atomic E-state index is 0.132. The highest BCUT2D eigenvalue weighted by molar-refractivity contribution is 7.15. The Balaban J connectivity index is 1.40. The number of para-hydroxylation sites is 1. The lowest BCUT2D eigenvalue weighted by Gasteiger charge is -2.14. The molecule has 10 heteroatoms. The van der Waals surface area contributed by atoms with Crippen LogP contribution in [0.15, 0.2) is 78.4 Å². The summed E-state index contributed by atoms with van der Waals surface area (Å²) in [7, 11) is 1.48. The standard InChI is InChI=1S/C28H23ClN4O4S/c1-35-24-16-20(15-23(29)26(24)37-13-12-36-22-10-6-3-7-11-22)14-21(18-30)27(34)31-28-33-32-25(38-28)17-19-8-4-2-5-9-19/h2-11,14-16H,12-13,17H2,1H3,(H,31,33,34)/b21-14-. The van der Waals surface area contributed by atoms with E-state index in [2.05, 4.69) is 15.5 Å². The molecule has 1 N–H and O–H groups in total. The number of hydrogen-bond acceptors (Lipinski definition) is 8. The van der Waals surface area contributed by atoms with Crippen molar-refractivity contribution in [3.8, 4) is 23.3 Å². The molecule has 0 radical (unpaired) electrons. The van der Waals surface area contributed by atoms with E-state index < -0.39 is 5.91 Å². The number of halogens is 1. The Labute approximate surface area is 229 Å². The van der Waals surface area contributed by atoms with E-state index in [-0.39, 0.29) is 17.2 Å². The van der Waals surface area contributed by atoms with Crippen molar-refractivity contribution in [2.24, 2.45) is 0 Å². The molecule has 0 aliphatic rings. The van der Waals surface area contributed by atoms with Gasteiger partial charge in [0.2, 0.25) is 5.13 Å². The molecular weight excluding hydrogens is 524 g/mol. The number of carbonyl (C=O) groups is 1. The molecule has 192 valence electrons. The summed E-state index contributed by atoms with van der Waals surface area (Å²) in [4.78, 5) is 12.7. The number of methoxy groups -OCH3 is 1. The van der Waals surface area contributed by atoms with E-state index in [9.17, 15) is 10.1 Å². The van der Waals surface area contributed by atoms with Crippen molar-refractivity contribution >= 4 is 40.1 Å². The number of nitrogens with one attached hydrogen (secondary N) is 1. The Morgan fingerprint density at radius 2 is 1.76 bits per heavy atom. The SMILES string of the molecule is COc1cc(/C=C(/C#N)C(=O)Nc2nnc(Cc3ccccc3)s2)cc(Cl)c1OCCOc1ccccc1. The van der Waals surface area contributed by atoms with Crippen LogP contribution in [0.4, 0.5) is 5.13 Å². The number of nitriles is 1. The second kappa shape index (κ2) is 13.2. The van der Waals surface area contributed by atoms with Gasteiger partial charge in [0.15, 0.2) is 11.5 Å². The van der Waals surface area contributed by atoms with Gasteiger partial charge in [-0.3, -0.25) is 10.1 Å². The fourth-order valence-corrected chi connectivity index (χ4v) is 4.45. The molecule has 4 rings (SSSR count). The zero-order chi connectivity index (χ0) is 26.7. The van der Waals surface area contributed by atoms with Crippen LogP contribution in [0.25, 0.3) is 6.08 Å². The summed E-state index contributed by atoms with van der Waals surface area (Å²) in [6.07, 6.45) is 2.01. The Bertz CT molecular complexity index is 1450. The van der Waals surface area contributed by atoms with E-state index in [1.54, 1.807) is 12.1 Å². The smallest absolute Gasteiger partial charge is 0.268 e. The molecule has 0 bridgehead atoms. The van der Waals surface area contributed by atoms with Gasteiger partial charge in [0.25, 0.3) is 5.91 Å². The van der Waals surface area contributed by atoms with E-state index in [0.29, 0.717) is 35.2 Å². The van der Waals surface area contributed by atoms with Crippen LogP contribution < -0.4 is 19.5 Å². The van der Waals surface area contributed by atoms with Crippen molar-refractivity contribution in [3.63, 3.8) is 0 Å². The maximum absolute atomic E-state index is 12.7. The highest BCUT2D eigenvalue weighted by atomic mass is 35.5. The van der Waals surface area contributed by atoms with Gasteiger partial charge < -0.3 is 14.2 Å². The van der Waals surface area contributed by atoms with Gasteiger partial charge >= 0.3 is 0 Å². The highest BCUT2D eigenvalue weighted by Gasteiger charge is 2.16. The molecule has 0 aliphatic carbocycles. The first-order chi connectivity index (χ1) is 18.6. The van der Waals surface area contributed by atoms with Crippen molar-refractivity contribution in [2.75, 3.05) is 25.6 Å². The molecule has 0 atom stereocenters. The van der Waals surface area contributed by atoms with Crippen molar-refractivity contribution in [1.29, 1.82) is 5.26 Å². The average Bonchev–Trinajstić information content (AvgIpc) is 3.37. The molecule has 0 saturated heterocycles. The quantitative estimate of drug-likeness (QED) is 0.144. The Morgan fingerprint density at radius 3 is 2.47 bits per heavy atom. The van der Waals surface area contributed by atoms with Crippen molar-refractivity contribution in [3.05, 3.63) is 99.5 Å². The summed E-state index contributed by atoms with van der Waals surface area (Å²) < 4.78 is 16.8. The fraction of sp³-hybridized carbons (Fsp3) is 0.143. The molecule has 4 aromatic rings. The van der Waals surface area contributed by atoms with Crippen molar-refractivity contribution in [2.45, 2.75) is 6.42 Å². The second-order valence-corrected chi connectivity index (χ2v) is 9.30. The first-order valence-electron chi connectivity index (χ1n) is 11.5. The van der Waals surface area contributed by atoms with Crippen LogP contribution in [0, 0.1) is 11.3 Å². The molecular formula is C28H23ClN4O4S. The normalized spacial score (nSPS) is 10.9. The number of benzene rings is 3. The minimum atomic E-state index is -0.608. The van der Waals surface area contributed by atoms with E-state index in [0.717, 1.165) is 16.3 Å². The Morgan fingerprint density at radius 1 is 1.05 bits per heavy atom. The number of ether oxygens (including phenoxy) is 3. The van der Waals surface area contributed by atoms with Crippen LogP contribution in [0.5, 0.6) is 17.2 Å². The first-order valence-corrected chi connectivity index (χ1v) is 12.7. The maximum atomic E-state index is 12.7. The number of anilines is 1. The summed E-state index contributed by atoms with van der Waals surface area (Å²) in [6.45, 7) is 0.544. The number of aromatic nitrogens is 2. The summed E-state index contributed by atoms with van der Waals surface area (Å²) in [5, 5.41) is 21.7. The maximum Gasteiger partial charge on any atom is 0.268 e. The van der Waals surface area contributed by atoms with Gasteiger partial charge in [0, 0.05) is 6.42 Å². The van der Waals surface area contributed by atoms with Crippen molar-refractivity contribution < 1.29 is 19.0 Å². The molecule has 1 heterocycles. The monoisotopic (exact) mass is 546 g/mol. The lowest BCUT2D eigenvalue weighted by molar-refractivity contribution is -0.112. The summed E-state index contributed by atoms with van der Waals surface area (Å²) >= 11 is 7.69. The molecule has 0 saturated carbocycles. The molecule has 1 aromatic heterocycles. The second-order valence-electron chi connectivity index (χ2n) is 7.83. The largest absolute Gasteiger partial charge is 0.493 e. The number of nitrogens with zero attached hydrogens (tertiary/aromatic N) is 3. The van der Waals surface area contributed by atoms with Crippen LogP contribution in [0.1, 0.15) is 16.1 Å². The molecule has 0 aliphatic heterocycles. The summed E-state index contributed by atoms with van der Waals surface area (Å²) in [6, 6.07) is 24.3. The topological polar surface area (TPSA) is 106 Å². The van der Waals surface area contributed by atoms with E-state index >= 15 is 0 Å². The van der Waals surface area contributed by atoms with Gasteiger partial charge in [-0.05, 0) is 41.5 Å². The molecule has 0 fully saturated rings. The number of carbonyl (C=O) groups excluding carboxylic acids is 1. The van der Waals surface area contributed by atoms with Gasteiger partial charge in [-0.25, -0.2) is 0 Å². The van der Waals surface area contributed by atoms with Gasteiger partial charge in [-0.2, -0.15) is 5.26 Å². The third-order valence-electron chi connectivity index (χ3n) is 5.16. The lowest BCUT2D eigenvalue weighted by Crippen LogP contribution is -2.13. The molecule has 8 nitrogen and oxygen atoms in total. The van der Waals surface area contributed by atoms with Crippen LogP contribution in [-0.2, 0) is 11.2 Å². The van der Waals surface area contributed by atoms with Gasteiger partial charge in [-0.1, -0.05) is 71.5 Å². The van der Waals surface area contributed by atoms with Crippen LogP contribution in [0.3, 0.4) is 0 Å². The number of rotatable bonds is 11. The van der Waals surface area contributed by atoms with Gasteiger partial charge in [-0.15, -0.1) is 10.2 Å². The fourth-order valence-electron chi connectivity index (χ4n) is 3.41. The summed E-state index contributed by atoms with van der Waals surface area (Å²) in [5.74, 6) is 0.822. The van der Waals surface area contributed by atoms with E-state index in [1.165, 1.54) is 24.5 Å². The van der Waals surface area contributed by atoms with Gasteiger partial charge in [0.1, 0.15) is 35.6 Å². The molecule has 3 aromatic carbocycles. The molecule has 0 spiro atoms. The molecule has 38 heavy (non-hydrogen) atoms. The van der Waals surface area contributed by atoms with E-state index in [1.807, 2.05) is 66.7 Å². The van der Waals surface area contributed by atoms with E-state index in [4.69, 9.17) is 25.8 Å². The third-order valence-corrected chi connectivity index (χ3v) is 6.27. The lowest BCUT2D eigenvalue weighted by atomic mass is 10.1. The zero-order valence-corrected chi connectivity index (χ0v) is 22.0. The minimum Gasteiger partial charge on any atom is -0.493 e. The first kappa shape index (κ1) is 26.7. The van der Waals surface area contributed by atoms with Crippen LogP contribution in [-0.4, -0.2) is 36.4 Å². The average molecular weight is 547 g/mol. The number of amides is 1. The number of hydrogen-bond donors (Lipinski definition) is 1. The predicted molar refractivity (Wildman–Crippen MR) is 147 cm³/mol. The van der Waals surface area contributed by atoms with Gasteiger partial charge in [0.05, 0.1) is 12.1 Å². The molecule has 1 amide bonds. The predicted octanol–water partition coefficient (Wildman–Crippen LogP) is 5.79. The third kappa shape index (κ3) is 7.32. The van der Waals surface area contributed by atoms with Crippen LogP contribution >= 0.6 is 22.9 Å². The van der Waals surface area contributed by atoms with Crippen LogP contribution in [0.2, 0.25) is 5.02 Å².